The molecule has 2 fully saturated rings. The Morgan fingerprint density at radius 3 is 1.83 bits per heavy atom. The summed E-state index contributed by atoms with van der Waals surface area (Å²) in [5, 5.41) is 0. The van der Waals surface area contributed by atoms with Crippen molar-refractivity contribution in [3.8, 4) is 0 Å². The van der Waals surface area contributed by atoms with Crippen LogP contribution in [0.3, 0.4) is 0 Å². The van der Waals surface area contributed by atoms with Crippen molar-refractivity contribution in [3.05, 3.63) is 12.2 Å². The van der Waals surface area contributed by atoms with Gasteiger partial charge in [-0.3, -0.25) is 0 Å². The average Bonchev–Trinajstić information content (AvgIpc) is 2.64. The fourth-order valence-electron chi connectivity index (χ4n) is 4.40. The highest BCUT2D eigenvalue weighted by Crippen LogP contribution is 2.59. The van der Waals surface area contributed by atoms with Gasteiger partial charge in [-0.15, -0.1) is 0 Å². The van der Waals surface area contributed by atoms with E-state index in [0.717, 1.165) is 35.5 Å². The second kappa shape index (κ2) is 2.16. The lowest BCUT2D eigenvalue weighted by molar-refractivity contribution is 0.279. The summed E-state index contributed by atoms with van der Waals surface area (Å²) < 4.78 is 0. The third-order valence-corrected chi connectivity index (χ3v) is 4.64. The minimum atomic E-state index is 0.972. The zero-order chi connectivity index (χ0) is 8.29. The van der Waals surface area contributed by atoms with E-state index in [2.05, 4.69) is 26.0 Å². The summed E-state index contributed by atoms with van der Waals surface area (Å²) in [7, 11) is 0. The highest BCUT2D eigenvalue weighted by Gasteiger charge is 2.52. The monoisotopic (exact) mass is 162 g/mol. The molecule has 3 aliphatic rings. The van der Waals surface area contributed by atoms with Crippen LogP contribution in [0.4, 0.5) is 0 Å². The van der Waals surface area contributed by atoms with Crippen LogP contribution in [0, 0.1) is 35.5 Å². The molecule has 0 aromatic heterocycles. The highest BCUT2D eigenvalue weighted by molar-refractivity contribution is 5.17. The minimum absolute atomic E-state index is 0.972. The number of allylic oxidation sites excluding steroid dienone is 2. The first-order chi connectivity index (χ1) is 5.77. The first-order valence-corrected chi connectivity index (χ1v) is 5.45. The molecule has 0 aromatic rings. The van der Waals surface area contributed by atoms with E-state index in [4.69, 9.17) is 0 Å². The summed E-state index contributed by atoms with van der Waals surface area (Å²) in [5.74, 6) is 6.08. The summed E-state index contributed by atoms with van der Waals surface area (Å²) in [6.07, 6.45) is 7.98. The molecule has 0 nitrogen and oxygen atoms in total. The standard InChI is InChI=1S/C12H18/c1-7-5-8(2)12-10-4-3-9(6-10)11(7)12/h3-4,7-12H,5-6H2,1-2H3. The van der Waals surface area contributed by atoms with E-state index < -0.39 is 0 Å². The lowest BCUT2D eigenvalue weighted by Crippen LogP contribution is -2.19. The second-order valence-corrected chi connectivity index (χ2v) is 5.29. The smallest absolute Gasteiger partial charge is 0.0194 e. The van der Waals surface area contributed by atoms with Gasteiger partial charge in [0.25, 0.3) is 0 Å². The van der Waals surface area contributed by atoms with Crippen molar-refractivity contribution >= 4 is 0 Å². The molecule has 6 unspecified atom stereocenters. The van der Waals surface area contributed by atoms with Gasteiger partial charge in [0, 0.05) is 0 Å². The quantitative estimate of drug-likeness (QED) is 0.480. The van der Waals surface area contributed by atoms with Crippen molar-refractivity contribution in [2.75, 3.05) is 0 Å². The molecule has 0 aliphatic heterocycles. The Morgan fingerprint density at radius 2 is 1.33 bits per heavy atom. The molecular formula is C12H18. The van der Waals surface area contributed by atoms with Gasteiger partial charge in [0.15, 0.2) is 0 Å². The van der Waals surface area contributed by atoms with Crippen LogP contribution < -0.4 is 0 Å². The van der Waals surface area contributed by atoms with E-state index in [1.165, 1.54) is 12.8 Å². The molecule has 0 aromatic carbocycles. The molecule has 12 heavy (non-hydrogen) atoms. The van der Waals surface area contributed by atoms with Crippen LogP contribution in [0.25, 0.3) is 0 Å². The molecule has 0 N–H and O–H groups in total. The third-order valence-electron chi connectivity index (χ3n) is 4.64. The molecule has 0 amide bonds. The summed E-state index contributed by atoms with van der Waals surface area (Å²) in [5.41, 5.74) is 0. The number of rotatable bonds is 0. The molecule has 0 spiro atoms. The van der Waals surface area contributed by atoms with E-state index in [-0.39, 0.29) is 0 Å². The van der Waals surface area contributed by atoms with Gasteiger partial charge in [0.05, 0.1) is 0 Å². The van der Waals surface area contributed by atoms with E-state index in [1.54, 1.807) is 0 Å². The topological polar surface area (TPSA) is 0 Å². The summed E-state index contributed by atoms with van der Waals surface area (Å²) in [4.78, 5) is 0. The van der Waals surface area contributed by atoms with Crippen molar-refractivity contribution in [2.45, 2.75) is 26.7 Å². The molecule has 0 heteroatoms. The molecule has 2 bridgehead atoms. The van der Waals surface area contributed by atoms with Crippen LogP contribution >= 0.6 is 0 Å². The first-order valence-electron chi connectivity index (χ1n) is 5.45. The van der Waals surface area contributed by atoms with E-state index in [0.29, 0.717) is 0 Å². The summed E-state index contributed by atoms with van der Waals surface area (Å²) in [6, 6.07) is 0. The predicted molar refractivity (Wildman–Crippen MR) is 50.7 cm³/mol. The lowest BCUT2D eigenvalue weighted by Gasteiger charge is -2.25. The van der Waals surface area contributed by atoms with Crippen molar-refractivity contribution in [1.29, 1.82) is 0 Å². The van der Waals surface area contributed by atoms with Crippen LogP contribution in [-0.2, 0) is 0 Å². The average molecular weight is 162 g/mol. The van der Waals surface area contributed by atoms with Gasteiger partial charge in [0.1, 0.15) is 0 Å². The fourth-order valence-corrected chi connectivity index (χ4v) is 4.40. The molecule has 66 valence electrons. The maximum absolute atomic E-state index is 2.50. The molecular weight excluding hydrogens is 144 g/mol. The summed E-state index contributed by atoms with van der Waals surface area (Å²) >= 11 is 0. The molecule has 3 aliphatic carbocycles. The Morgan fingerprint density at radius 1 is 0.833 bits per heavy atom. The largest absolute Gasteiger partial charge is 0.0848 e. The Kier molecular flexibility index (Phi) is 1.29. The van der Waals surface area contributed by atoms with Gasteiger partial charge < -0.3 is 0 Å². The fraction of sp³-hybridized carbons (Fsp3) is 0.833. The van der Waals surface area contributed by atoms with Crippen LogP contribution in [-0.4, -0.2) is 0 Å². The van der Waals surface area contributed by atoms with Crippen molar-refractivity contribution < 1.29 is 0 Å². The van der Waals surface area contributed by atoms with Gasteiger partial charge in [-0.1, -0.05) is 26.0 Å². The van der Waals surface area contributed by atoms with E-state index in [9.17, 15) is 0 Å². The molecule has 6 atom stereocenters. The number of hydrogen-bond acceptors (Lipinski definition) is 0. The Bertz CT molecular complexity index is 206. The molecule has 3 rings (SSSR count). The minimum Gasteiger partial charge on any atom is -0.0848 e. The molecule has 0 radical (unpaired) electrons. The van der Waals surface area contributed by atoms with Crippen molar-refractivity contribution in [1.82, 2.24) is 0 Å². The van der Waals surface area contributed by atoms with Crippen molar-refractivity contribution in [2.24, 2.45) is 35.5 Å². The number of hydrogen-bond donors (Lipinski definition) is 0. The van der Waals surface area contributed by atoms with Gasteiger partial charge in [-0.05, 0) is 48.3 Å². The normalized spacial score (nSPS) is 61.2. The second-order valence-electron chi connectivity index (χ2n) is 5.29. The highest BCUT2D eigenvalue weighted by atomic mass is 14.6. The molecule has 0 saturated heterocycles. The van der Waals surface area contributed by atoms with E-state index in [1.807, 2.05) is 0 Å². The van der Waals surface area contributed by atoms with Gasteiger partial charge in [-0.2, -0.15) is 0 Å². The lowest BCUT2D eigenvalue weighted by atomic mass is 9.80. The first kappa shape index (κ1) is 7.17. The zero-order valence-corrected chi connectivity index (χ0v) is 8.03. The molecule has 2 saturated carbocycles. The Balaban J connectivity index is 1.98. The van der Waals surface area contributed by atoms with Crippen molar-refractivity contribution in [3.63, 3.8) is 0 Å². The van der Waals surface area contributed by atoms with Gasteiger partial charge in [-0.25, -0.2) is 0 Å². The van der Waals surface area contributed by atoms with Crippen LogP contribution in [0.5, 0.6) is 0 Å². The van der Waals surface area contributed by atoms with Gasteiger partial charge in [0.2, 0.25) is 0 Å². The Hall–Kier alpha value is -0.260. The third kappa shape index (κ3) is 0.694. The molecule has 0 heterocycles. The SMILES string of the molecule is CC1CC(C)C2C3C=CC(C3)C12. The predicted octanol–water partition coefficient (Wildman–Crippen LogP) is 3.10. The summed E-state index contributed by atoms with van der Waals surface area (Å²) in [6.45, 7) is 4.94. The maximum atomic E-state index is 2.50. The number of fused-ring (bicyclic) bond motifs is 5. The zero-order valence-electron chi connectivity index (χ0n) is 8.03. The van der Waals surface area contributed by atoms with Crippen LogP contribution in [0.15, 0.2) is 12.2 Å². The van der Waals surface area contributed by atoms with E-state index >= 15 is 0 Å². The van der Waals surface area contributed by atoms with Gasteiger partial charge >= 0.3 is 0 Å². The van der Waals surface area contributed by atoms with Crippen LogP contribution in [0.1, 0.15) is 26.7 Å². The Labute approximate surface area is 75.0 Å². The maximum Gasteiger partial charge on any atom is -0.0194 e. The van der Waals surface area contributed by atoms with Crippen LogP contribution in [0.2, 0.25) is 0 Å².